The zero-order valence-electron chi connectivity index (χ0n) is 10.3. The van der Waals surface area contributed by atoms with Crippen LogP contribution in [0.1, 0.15) is 31.0 Å². The maximum atomic E-state index is 11.8. The summed E-state index contributed by atoms with van der Waals surface area (Å²) in [6.45, 7) is 4.03. The molecule has 0 atom stereocenters. The highest BCUT2D eigenvalue weighted by Gasteiger charge is 2.06. The van der Waals surface area contributed by atoms with Gasteiger partial charge in [0.25, 0.3) is 5.56 Å². The van der Waals surface area contributed by atoms with Crippen LogP contribution in [0.15, 0.2) is 29.7 Å². The zero-order chi connectivity index (χ0) is 13.1. The predicted molar refractivity (Wildman–Crippen MR) is 71.1 cm³/mol. The van der Waals surface area contributed by atoms with E-state index >= 15 is 0 Å². The molecule has 0 saturated carbocycles. The third kappa shape index (κ3) is 2.70. The molecule has 1 N–H and O–H groups in total. The molecule has 6 heteroatoms. The third-order valence-electron chi connectivity index (χ3n) is 2.61. The van der Waals surface area contributed by atoms with Crippen LogP contribution in [0.5, 0.6) is 0 Å². The lowest BCUT2D eigenvalue weighted by Gasteiger charge is -2.12. The van der Waals surface area contributed by atoms with E-state index in [2.05, 4.69) is 15.0 Å². The van der Waals surface area contributed by atoms with Crippen LogP contribution in [-0.2, 0) is 6.42 Å². The van der Waals surface area contributed by atoms with Gasteiger partial charge in [0.2, 0.25) is 0 Å². The minimum atomic E-state index is -0.152. The number of hydrogen-bond donors (Lipinski definition) is 1. The summed E-state index contributed by atoms with van der Waals surface area (Å²) in [7, 11) is 0. The Kier molecular flexibility index (Phi) is 3.66. The van der Waals surface area contributed by atoms with Crippen LogP contribution in [0.2, 0.25) is 0 Å². The van der Waals surface area contributed by atoms with Crippen LogP contribution in [0.4, 0.5) is 0 Å². The molecule has 0 amide bonds. The molecule has 0 unspecified atom stereocenters. The average Bonchev–Trinajstić information content (AvgIpc) is 2.33. The molecule has 2 heterocycles. The van der Waals surface area contributed by atoms with Crippen molar-refractivity contribution in [2.45, 2.75) is 26.3 Å². The summed E-state index contributed by atoms with van der Waals surface area (Å²) in [4.78, 5) is 22.4. The second-order valence-electron chi connectivity index (χ2n) is 4.34. The Balaban J connectivity index is 2.43. The maximum Gasteiger partial charge on any atom is 0.255 e. The fourth-order valence-electron chi connectivity index (χ4n) is 1.68. The molecule has 0 spiro atoms. The molecule has 18 heavy (non-hydrogen) atoms. The van der Waals surface area contributed by atoms with E-state index in [0.29, 0.717) is 16.8 Å². The van der Waals surface area contributed by atoms with Gasteiger partial charge in [0.15, 0.2) is 4.77 Å². The van der Waals surface area contributed by atoms with E-state index in [9.17, 15) is 4.79 Å². The van der Waals surface area contributed by atoms with Gasteiger partial charge in [-0.3, -0.25) is 9.78 Å². The number of aromatic nitrogens is 4. The fraction of sp³-hybridized carbons (Fsp3) is 0.333. The molecule has 94 valence electrons. The van der Waals surface area contributed by atoms with Gasteiger partial charge in [-0.1, -0.05) is 0 Å². The van der Waals surface area contributed by atoms with Gasteiger partial charge in [-0.25, -0.2) is 9.97 Å². The van der Waals surface area contributed by atoms with Crippen molar-refractivity contribution in [1.82, 2.24) is 19.5 Å². The van der Waals surface area contributed by atoms with Crippen molar-refractivity contribution >= 4 is 12.2 Å². The lowest BCUT2D eigenvalue weighted by molar-refractivity contribution is 0.570. The number of nitrogens with zero attached hydrogens (tertiary/aromatic N) is 3. The number of H-pyrrole nitrogens is 1. The first-order valence-corrected chi connectivity index (χ1v) is 6.07. The van der Waals surface area contributed by atoms with Crippen LogP contribution in [-0.4, -0.2) is 19.5 Å². The van der Waals surface area contributed by atoms with E-state index in [-0.39, 0.29) is 11.6 Å². The predicted octanol–water partition coefficient (Wildman–Crippen LogP) is 1.87. The highest BCUT2D eigenvalue weighted by molar-refractivity contribution is 7.71. The van der Waals surface area contributed by atoms with Gasteiger partial charge >= 0.3 is 0 Å². The Labute approximate surface area is 110 Å². The van der Waals surface area contributed by atoms with Crippen LogP contribution in [0.25, 0.3) is 0 Å². The van der Waals surface area contributed by atoms with Crippen molar-refractivity contribution in [2.75, 3.05) is 0 Å². The van der Waals surface area contributed by atoms with Crippen molar-refractivity contribution in [1.29, 1.82) is 0 Å². The smallest absolute Gasteiger partial charge is 0.255 e. The molecule has 0 aliphatic rings. The molecule has 0 bridgehead atoms. The standard InChI is InChI=1S/C12H14N4OS/c1-8(2)16-6-10(11(17)15-12(16)18)3-9-4-13-7-14-5-9/h4-8H,3H2,1-2H3,(H,15,17,18). The maximum absolute atomic E-state index is 11.8. The summed E-state index contributed by atoms with van der Waals surface area (Å²) in [6, 6.07) is 0.208. The lowest BCUT2D eigenvalue weighted by atomic mass is 10.1. The van der Waals surface area contributed by atoms with E-state index in [0.717, 1.165) is 5.56 Å². The SMILES string of the molecule is CC(C)n1cc(Cc2cncnc2)c(=O)[nH]c1=S. The second-order valence-corrected chi connectivity index (χ2v) is 4.72. The quantitative estimate of drug-likeness (QED) is 0.858. The van der Waals surface area contributed by atoms with Gasteiger partial charge in [-0.15, -0.1) is 0 Å². The Morgan fingerprint density at radius 1 is 1.39 bits per heavy atom. The van der Waals surface area contributed by atoms with Crippen molar-refractivity contribution in [3.63, 3.8) is 0 Å². The van der Waals surface area contributed by atoms with Gasteiger partial charge in [-0.05, 0) is 31.6 Å². The fourth-order valence-corrected chi connectivity index (χ4v) is 2.03. The summed E-state index contributed by atoms with van der Waals surface area (Å²) >= 11 is 5.12. The summed E-state index contributed by atoms with van der Waals surface area (Å²) < 4.78 is 2.32. The van der Waals surface area contributed by atoms with Crippen molar-refractivity contribution in [3.05, 3.63) is 51.2 Å². The lowest BCUT2D eigenvalue weighted by Crippen LogP contribution is -2.19. The molecular weight excluding hydrogens is 248 g/mol. The zero-order valence-corrected chi connectivity index (χ0v) is 11.1. The second kappa shape index (κ2) is 5.22. The molecule has 0 aliphatic carbocycles. The van der Waals surface area contributed by atoms with Crippen molar-refractivity contribution in [3.8, 4) is 0 Å². The summed E-state index contributed by atoms with van der Waals surface area (Å²) in [6.07, 6.45) is 7.17. The molecule has 0 fully saturated rings. The van der Waals surface area contributed by atoms with E-state index < -0.39 is 0 Å². The molecule has 0 radical (unpaired) electrons. The van der Waals surface area contributed by atoms with Gasteiger partial charge in [0.05, 0.1) is 0 Å². The Bertz CT molecular complexity index is 645. The van der Waals surface area contributed by atoms with Crippen LogP contribution in [0, 0.1) is 4.77 Å². The van der Waals surface area contributed by atoms with Crippen molar-refractivity contribution in [2.24, 2.45) is 0 Å². The largest absolute Gasteiger partial charge is 0.322 e. The van der Waals surface area contributed by atoms with Crippen LogP contribution < -0.4 is 5.56 Å². The Morgan fingerprint density at radius 3 is 2.67 bits per heavy atom. The van der Waals surface area contributed by atoms with E-state index in [1.54, 1.807) is 18.6 Å². The number of rotatable bonds is 3. The summed E-state index contributed by atoms with van der Waals surface area (Å²) in [5.41, 5.74) is 1.41. The van der Waals surface area contributed by atoms with E-state index in [4.69, 9.17) is 12.2 Å². The van der Waals surface area contributed by atoms with Gasteiger partial charge in [-0.2, -0.15) is 0 Å². The number of nitrogens with one attached hydrogen (secondary N) is 1. The first-order valence-electron chi connectivity index (χ1n) is 5.66. The number of aromatic amines is 1. The first kappa shape index (κ1) is 12.6. The molecule has 5 nitrogen and oxygen atoms in total. The molecule has 0 saturated heterocycles. The number of hydrogen-bond acceptors (Lipinski definition) is 4. The molecule has 0 aromatic carbocycles. The molecule has 2 rings (SSSR count). The highest BCUT2D eigenvalue weighted by Crippen LogP contribution is 2.07. The molecule has 2 aromatic rings. The molecule has 0 aliphatic heterocycles. The first-order chi connectivity index (χ1) is 8.58. The minimum Gasteiger partial charge on any atom is -0.322 e. The van der Waals surface area contributed by atoms with Crippen molar-refractivity contribution < 1.29 is 0 Å². The summed E-state index contributed by atoms with van der Waals surface area (Å²) in [5, 5.41) is 0. The van der Waals surface area contributed by atoms with Crippen LogP contribution >= 0.6 is 12.2 Å². The average molecular weight is 262 g/mol. The monoisotopic (exact) mass is 262 g/mol. The summed E-state index contributed by atoms with van der Waals surface area (Å²) in [5.74, 6) is 0. The van der Waals surface area contributed by atoms with E-state index in [1.807, 2.05) is 18.4 Å². The minimum absolute atomic E-state index is 0.152. The van der Waals surface area contributed by atoms with Gasteiger partial charge in [0.1, 0.15) is 6.33 Å². The topological polar surface area (TPSA) is 63.6 Å². The normalized spacial score (nSPS) is 10.8. The van der Waals surface area contributed by atoms with Gasteiger partial charge < -0.3 is 4.57 Å². The highest BCUT2D eigenvalue weighted by atomic mass is 32.1. The third-order valence-corrected chi connectivity index (χ3v) is 2.92. The molecular formula is C12H14N4OS. The van der Waals surface area contributed by atoms with Crippen LogP contribution in [0.3, 0.4) is 0 Å². The molecule has 2 aromatic heterocycles. The van der Waals surface area contributed by atoms with Gasteiger partial charge in [0, 0.05) is 36.6 Å². The Hall–Kier alpha value is -1.82. The van der Waals surface area contributed by atoms with E-state index in [1.165, 1.54) is 6.33 Å². The Morgan fingerprint density at radius 2 is 2.06 bits per heavy atom.